The van der Waals surface area contributed by atoms with E-state index < -0.39 is 0 Å². The predicted molar refractivity (Wildman–Crippen MR) is 69.7 cm³/mol. The molecule has 0 bridgehead atoms. The van der Waals surface area contributed by atoms with Gasteiger partial charge in [0.05, 0.1) is 5.69 Å². The summed E-state index contributed by atoms with van der Waals surface area (Å²) < 4.78 is 0. The number of nitrogens with two attached hydrogens (primary N) is 1. The number of hydrogen-bond donors (Lipinski definition) is 1. The van der Waals surface area contributed by atoms with Gasteiger partial charge in [-0.3, -0.25) is 0 Å². The molecule has 0 aromatic carbocycles. The number of anilines is 1. The molecule has 1 fully saturated rings. The molecule has 1 aromatic rings. The summed E-state index contributed by atoms with van der Waals surface area (Å²) in [6.07, 6.45) is 6.62. The van der Waals surface area contributed by atoms with Crippen LogP contribution < -0.4 is 5.73 Å². The van der Waals surface area contributed by atoms with Gasteiger partial charge < -0.3 is 10.6 Å². The summed E-state index contributed by atoms with van der Waals surface area (Å²) >= 11 is 1.54. The molecule has 1 aliphatic rings. The maximum Gasteiger partial charge on any atom is 0.180 e. The van der Waals surface area contributed by atoms with Gasteiger partial charge >= 0.3 is 0 Å². The lowest BCUT2D eigenvalue weighted by Gasteiger charge is -2.26. The standard InChI is InChI=1S/C12H21N3S/c1-2-15(11-5-3-4-6-11)8-7-10-9-16-12(13)14-10/h9,11H,2-8H2,1H3,(H2,13,14). The van der Waals surface area contributed by atoms with Crippen LogP contribution in [-0.4, -0.2) is 29.0 Å². The van der Waals surface area contributed by atoms with Crippen molar-refractivity contribution in [3.05, 3.63) is 11.1 Å². The number of likely N-dealkylation sites (N-methyl/N-ethyl adjacent to an activating group) is 1. The average Bonchev–Trinajstić information content (AvgIpc) is 2.91. The van der Waals surface area contributed by atoms with E-state index in [1.807, 2.05) is 0 Å². The lowest BCUT2D eigenvalue weighted by molar-refractivity contribution is 0.211. The molecule has 2 rings (SSSR count). The fourth-order valence-corrected chi connectivity index (χ4v) is 3.16. The lowest BCUT2D eigenvalue weighted by atomic mass is 10.2. The number of aromatic nitrogens is 1. The van der Waals surface area contributed by atoms with E-state index in [-0.39, 0.29) is 0 Å². The van der Waals surface area contributed by atoms with Gasteiger partial charge in [0, 0.05) is 24.4 Å². The monoisotopic (exact) mass is 239 g/mol. The average molecular weight is 239 g/mol. The third kappa shape index (κ3) is 2.95. The molecule has 4 heteroatoms. The molecule has 1 aromatic heterocycles. The van der Waals surface area contributed by atoms with Crippen LogP contribution in [0.4, 0.5) is 5.13 Å². The predicted octanol–water partition coefficient (Wildman–Crippen LogP) is 2.53. The zero-order valence-corrected chi connectivity index (χ0v) is 10.8. The molecule has 1 aliphatic carbocycles. The molecular formula is C12H21N3S. The van der Waals surface area contributed by atoms with Crippen molar-refractivity contribution in [2.45, 2.75) is 45.1 Å². The molecule has 2 N–H and O–H groups in total. The van der Waals surface area contributed by atoms with E-state index in [4.69, 9.17) is 5.73 Å². The van der Waals surface area contributed by atoms with Crippen LogP contribution >= 0.6 is 11.3 Å². The Bertz CT molecular complexity index is 318. The molecule has 0 amide bonds. The second-order valence-electron chi connectivity index (χ2n) is 4.49. The van der Waals surface area contributed by atoms with Crippen molar-refractivity contribution in [1.82, 2.24) is 9.88 Å². The van der Waals surface area contributed by atoms with Crippen molar-refractivity contribution in [3.8, 4) is 0 Å². The molecule has 0 spiro atoms. The first-order valence-electron chi connectivity index (χ1n) is 6.23. The first-order valence-corrected chi connectivity index (χ1v) is 7.11. The SMILES string of the molecule is CCN(CCc1csc(N)n1)C1CCCC1. The molecular weight excluding hydrogens is 218 g/mol. The summed E-state index contributed by atoms with van der Waals surface area (Å²) in [6.45, 7) is 4.54. The zero-order chi connectivity index (χ0) is 11.4. The van der Waals surface area contributed by atoms with Crippen LogP contribution in [0, 0.1) is 0 Å². The van der Waals surface area contributed by atoms with Crippen molar-refractivity contribution in [2.24, 2.45) is 0 Å². The summed E-state index contributed by atoms with van der Waals surface area (Å²) in [5.41, 5.74) is 6.79. The molecule has 0 saturated heterocycles. The second kappa shape index (κ2) is 5.64. The molecule has 3 nitrogen and oxygen atoms in total. The van der Waals surface area contributed by atoms with E-state index in [1.165, 1.54) is 25.7 Å². The van der Waals surface area contributed by atoms with Crippen LogP contribution in [0.1, 0.15) is 38.3 Å². The highest BCUT2D eigenvalue weighted by molar-refractivity contribution is 7.13. The Balaban J connectivity index is 1.82. The van der Waals surface area contributed by atoms with Gasteiger partial charge in [-0.1, -0.05) is 19.8 Å². The molecule has 0 unspecified atom stereocenters. The normalized spacial score (nSPS) is 17.4. The number of thiazole rings is 1. The van der Waals surface area contributed by atoms with Crippen molar-refractivity contribution < 1.29 is 0 Å². The van der Waals surface area contributed by atoms with Crippen molar-refractivity contribution >= 4 is 16.5 Å². The third-order valence-corrected chi connectivity index (χ3v) is 4.19. The van der Waals surface area contributed by atoms with Crippen LogP contribution in [0.3, 0.4) is 0 Å². The van der Waals surface area contributed by atoms with Gasteiger partial charge in [-0.15, -0.1) is 11.3 Å². The van der Waals surface area contributed by atoms with E-state index in [0.717, 1.165) is 31.2 Å². The Kier molecular flexibility index (Phi) is 4.18. The highest BCUT2D eigenvalue weighted by atomic mass is 32.1. The van der Waals surface area contributed by atoms with Crippen LogP contribution in [-0.2, 0) is 6.42 Å². The summed E-state index contributed by atoms with van der Waals surface area (Å²) in [7, 11) is 0. The minimum atomic E-state index is 0.693. The first kappa shape index (κ1) is 11.9. The van der Waals surface area contributed by atoms with E-state index in [2.05, 4.69) is 22.2 Å². The molecule has 1 saturated carbocycles. The Morgan fingerprint density at radius 1 is 1.50 bits per heavy atom. The molecule has 16 heavy (non-hydrogen) atoms. The molecule has 0 aliphatic heterocycles. The highest BCUT2D eigenvalue weighted by Crippen LogP contribution is 2.23. The minimum absolute atomic E-state index is 0.693. The molecule has 1 heterocycles. The van der Waals surface area contributed by atoms with Crippen LogP contribution in [0.25, 0.3) is 0 Å². The first-order chi connectivity index (χ1) is 7.79. The van der Waals surface area contributed by atoms with E-state index >= 15 is 0 Å². The van der Waals surface area contributed by atoms with Crippen molar-refractivity contribution in [1.29, 1.82) is 0 Å². The van der Waals surface area contributed by atoms with Crippen LogP contribution in [0.2, 0.25) is 0 Å². The quantitative estimate of drug-likeness (QED) is 0.858. The van der Waals surface area contributed by atoms with E-state index in [0.29, 0.717) is 5.13 Å². The maximum atomic E-state index is 5.63. The fraction of sp³-hybridized carbons (Fsp3) is 0.750. The Hall–Kier alpha value is -0.610. The van der Waals surface area contributed by atoms with Gasteiger partial charge in [-0.2, -0.15) is 0 Å². The fourth-order valence-electron chi connectivity index (χ4n) is 2.56. The van der Waals surface area contributed by atoms with Gasteiger partial charge in [-0.05, 0) is 19.4 Å². The minimum Gasteiger partial charge on any atom is -0.375 e. The Morgan fingerprint density at radius 2 is 2.25 bits per heavy atom. The second-order valence-corrected chi connectivity index (χ2v) is 5.38. The van der Waals surface area contributed by atoms with Crippen molar-refractivity contribution in [2.75, 3.05) is 18.8 Å². The number of nitrogens with zero attached hydrogens (tertiary/aromatic N) is 2. The number of nitrogen functional groups attached to an aromatic ring is 1. The number of rotatable bonds is 5. The lowest BCUT2D eigenvalue weighted by Crippen LogP contribution is -2.34. The topological polar surface area (TPSA) is 42.1 Å². The largest absolute Gasteiger partial charge is 0.375 e. The van der Waals surface area contributed by atoms with Gasteiger partial charge in [0.15, 0.2) is 5.13 Å². The number of hydrogen-bond acceptors (Lipinski definition) is 4. The van der Waals surface area contributed by atoms with Gasteiger partial charge in [-0.25, -0.2) is 4.98 Å². The van der Waals surface area contributed by atoms with Crippen molar-refractivity contribution in [3.63, 3.8) is 0 Å². The van der Waals surface area contributed by atoms with Crippen LogP contribution in [0.5, 0.6) is 0 Å². The molecule has 0 radical (unpaired) electrons. The maximum absolute atomic E-state index is 5.63. The Morgan fingerprint density at radius 3 is 2.81 bits per heavy atom. The van der Waals surface area contributed by atoms with Gasteiger partial charge in [0.25, 0.3) is 0 Å². The smallest absolute Gasteiger partial charge is 0.180 e. The van der Waals surface area contributed by atoms with Gasteiger partial charge in [0.2, 0.25) is 0 Å². The summed E-state index contributed by atoms with van der Waals surface area (Å²) in [6, 6.07) is 0.820. The van der Waals surface area contributed by atoms with E-state index in [1.54, 1.807) is 11.3 Å². The molecule has 0 atom stereocenters. The van der Waals surface area contributed by atoms with E-state index in [9.17, 15) is 0 Å². The van der Waals surface area contributed by atoms with Crippen LogP contribution in [0.15, 0.2) is 5.38 Å². The third-order valence-electron chi connectivity index (χ3n) is 3.47. The summed E-state index contributed by atoms with van der Waals surface area (Å²) in [5, 5.41) is 2.77. The molecule has 90 valence electrons. The highest BCUT2D eigenvalue weighted by Gasteiger charge is 2.20. The van der Waals surface area contributed by atoms with Gasteiger partial charge in [0.1, 0.15) is 0 Å². The summed E-state index contributed by atoms with van der Waals surface area (Å²) in [4.78, 5) is 6.91. The Labute approximate surface area is 102 Å². The summed E-state index contributed by atoms with van der Waals surface area (Å²) in [5.74, 6) is 0. The zero-order valence-electron chi connectivity index (χ0n) is 9.98.